The zero-order valence-electron chi connectivity index (χ0n) is 10.9. The highest BCUT2D eigenvalue weighted by Crippen LogP contribution is 2.17. The van der Waals surface area contributed by atoms with Crippen LogP contribution in [0.5, 0.6) is 0 Å². The van der Waals surface area contributed by atoms with Gasteiger partial charge in [-0.2, -0.15) is 0 Å². The first-order chi connectivity index (χ1) is 8.33. The second-order valence-electron chi connectivity index (χ2n) is 3.74. The molecule has 0 amide bonds. The highest BCUT2D eigenvalue weighted by molar-refractivity contribution is 5.71. The summed E-state index contributed by atoms with van der Waals surface area (Å²) in [6.07, 6.45) is 1.90. The van der Waals surface area contributed by atoms with Gasteiger partial charge in [-0.3, -0.25) is 9.59 Å². The van der Waals surface area contributed by atoms with Gasteiger partial charge in [-0.05, 0) is 6.92 Å². The van der Waals surface area contributed by atoms with Gasteiger partial charge in [0.05, 0.1) is 12.5 Å². The first-order valence-corrected chi connectivity index (χ1v) is 5.83. The van der Waals surface area contributed by atoms with Crippen LogP contribution in [0.25, 0.3) is 0 Å². The van der Waals surface area contributed by atoms with Crippen molar-refractivity contribution in [3.8, 4) is 0 Å². The summed E-state index contributed by atoms with van der Waals surface area (Å²) in [7, 11) is 0. The molecule has 1 unspecified atom stereocenters. The summed E-state index contributed by atoms with van der Waals surface area (Å²) in [6.45, 7) is 4.62. The Hall–Kier alpha value is -1.40. The number of aliphatic hydroxyl groups is 2. The van der Waals surface area contributed by atoms with E-state index < -0.39 is 24.0 Å². The minimum absolute atomic E-state index is 0.0477. The molecule has 0 fully saturated rings. The smallest absolute Gasteiger partial charge is 0.376 e. The SMILES string of the molecule is CCC(=O)OC(O)(C/C=C/C(C)O)OC(=O)CC. The van der Waals surface area contributed by atoms with Crippen molar-refractivity contribution in [1.82, 2.24) is 0 Å². The Kier molecular flexibility index (Phi) is 7.23. The molecule has 0 saturated heterocycles. The average Bonchev–Trinajstić information content (AvgIpc) is 2.27. The number of carbonyl (C=O) groups is 2. The summed E-state index contributed by atoms with van der Waals surface area (Å²) in [5.74, 6) is -3.69. The first-order valence-electron chi connectivity index (χ1n) is 5.83. The molecule has 0 heterocycles. The Morgan fingerprint density at radius 2 is 1.67 bits per heavy atom. The van der Waals surface area contributed by atoms with E-state index in [1.54, 1.807) is 13.8 Å². The minimum atomic E-state index is -2.31. The van der Waals surface area contributed by atoms with Crippen LogP contribution in [0.1, 0.15) is 40.0 Å². The van der Waals surface area contributed by atoms with Crippen molar-refractivity contribution < 1.29 is 29.3 Å². The maximum Gasteiger partial charge on any atom is 0.376 e. The Balaban J connectivity index is 4.68. The molecule has 0 aromatic carbocycles. The fraction of sp³-hybridized carbons (Fsp3) is 0.667. The molecule has 0 saturated carbocycles. The highest BCUT2D eigenvalue weighted by Gasteiger charge is 2.34. The number of hydrogen-bond acceptors (Lipinski definition) is 6. The number of esters is 2. The van der Waals surface area contributed by atoms with Crippen molar-refractivity contribution in [2.24, 2.45) is 0 Å². The van der Waals surface area contributed by atoms with Crippen LogP contribution < -0.4 is 0 Å². The molecule has 0 aliphatic rings. The molecule has 6 nitrogen and oxygen atoms in total. The lowest BCUT2D eigenvalue weighted by molar-refractivity contribution is -0.322. The van der Waals surface area contributed by atoms with E-state index in [1.807, 2.05) is 0 Å². The molecule has 1 atom stereocenters. The van der Waals surface area contributed by atoms with Gasteiger partial charge in [0, 0.05) is 12.8 Å². The third-order valence-electron chi connectivity index (χ3n) is 1.91. The normalized spacial score (nSPS) is 13.4. The number of hydrogen-bond donors (Lipinski definition) is 2. The van der Waals surface area contributed by atoms with E-state index in [4.69, 9.17) is 5.11 Å². The second kappa shape index (κ2) is 7.84. The van der Waals surface area contributed by atoms with Crippen molar-refractivity contribution in [3.05, 3.63) is 12.2 Å². The third-order valence-corrected chi connectivity index (χ3v) is 1.91. The monoisotopic (exact) mass is 260 g/mol. The van der Waals surface area contributed by atoms with Crippen LogP contribution in [0.4, 0.5) is 0 Å². The maximum atomic E-state index is 11.1. The predicted octanol–water partition coefficient (Wildman–Crippen LogP) is 0.866. The standard InChI is InChI=1S/C12H20O6/c1-4-10(14)17-12(16,18-11(15)5-2)8-6-7-9(3)13/h6-7,9,13,16H,4-5,8H2,1-3H3/b7-6+. The lowest BCUT2D eigenvalue weighted by Gasteiger charge is -2.25. The lowest BCUT2D eigenvalue weighted by atomic mass is 10.3. The van der Waals surface area contributed by atoms with Gasteiger partial charge in [-0.15, -0.1) is 0 Å². The maximum absolute atomic E-state index is 11.1. The summed E-state index contributed by atoms with van der Waals surface area (Å²) in [6, 6.07) is 0. The van der Waals surface area contributed by atoms with E-state index >= 15 is 0 Å². The largest absolute Gasteiger partial charge is 0.398 e. The first kappa shape index (κ1) is 16.6. The van der Waals surface area contributed by atoms with Gasteiger partial charge in [0.25, 0.3) is 0 Å². The van der Waals surface area contributed by atoms with Crippen molar-refractivity contribution >= 4 is 11.9 Å². The summed E-state index contributed by atoms with van der Waals surface area (Å²) < 4.78 is 9.36. The van der Waals surface area contributed by atoms with Crippen LogP contribution in [0, 0.1) is 0 Å². The number of carbonyl (C=O) groups excluding carboxylic acids is 2. The molecule has 6 heteroatoms. The number of rotatable bonds is 7. The average molecular weight is 260 g/mol. The van der Waals surface area contributed by atoms with Crippen LogP contribution in [-0.4, -0.2) is 34.2 Å². The fourth-order valence-corrected chi connectivity index (χ4v) is 1.02. The van der Waals surface area contributed by atoms with Gasteiger partial charge in [-0.25, -0.2) is 0 Å². The number of ether oxygens (including phenoxy) is 2. The summed E-state index contributed by atoms with van der Waals surface area (Å²) in [4.78, 5) is 22.3. The zero-order valence-corrected chi connectivity index (χ0v) is 10.9. The quantitative estimate of drug-likeness (QED) is 0.401. The van der Waals surface area contributed by atoms with Gasteiger partial charge in [0.15, 0.2) is 0 Å². The van der Waals surface area contributed by atoms with E-state index in [0.717, 1.165) is 0 Å². The van der Waals surface area contributed by atoms with E-state index in [-0.39, 0.29) is 19.3 Å². The second-order valence-corrected chi connectivity index (χ2v) is 3.74. The fourth-order valence-electron chi connectivity index (χ4n) is 1.02. The van der Waals surface area contributed by atoms with Crippen molar-refractivity contribution in [2.45, 2.75) is 52.1 Å². The van der Waals surface area contributed by atoms with Crippen molar-refractivity contribution in [2.75, 3.05) is 0 Å². The molecule has 0 bridgehead atoms. The minimum Gasteiger partial charge on any atom is -0.398 e. The van der Waals surface area contributed by atoms with Crippen molar-refractivity contribution in [1.29, 1.82) is 0 Å². The molecule has 0 aliphatic heterocycles. The molecule has 104 valence electrons. The molecular weight excluding hydrogens is 240 g/mol. The summed E-state index contributed by atoms with van der Waals surface area (Å²) in [5, 5.41) is 18.9. The molecular formula is C12H20O6. The summed E-state index contributed by atoms with van der Waals surface area (Å²) in [5.41, 5.74) is 0. The molecule has 0 rings (SSSR count). The molecule has 2 N–H and O–H groups in total. The highest BCUT2D eigenvalue weighted by atomic mass is 16.8. The Bertz CT molecular complexity index is 290. The molecule has 0 radical (unpaired) electrons. The molecule has 0 spiro atoms. The molecule has 0 aromatic rings. The molecule has 18 heavy (non-hydrogen) atoms. The van der Waals surface area contributed by atoms with Crippen LogP contribution in [0.3, 0.4) is 0 Å². The van der Waals surface area contributed by atoms with E-state index in [2.05, 4.69) is 9.47 Å². The Morgan fingerprint density at radius 1 is 1.22 bits per heavy atom. The molecule has 0 aliphatic carbocycles. The summed E-state index contributed by atoms with van der Waals surface area (Å²) >= 11 is 0. The number of aliphatic hydroxyl groups excluding tert-OH is 1. The van der Waals surface area contributed by atoms with Crippen LogP contribution in [0.2, 0.25) is 0 Å². The van der Waals surface area contributed by atoms with Gasteiger partial charge in [-0.1, -0.05) is 26.0 Å². The predicted molar refractivity (Wildman–Crippen MR) is 63.2 cm³/mol. The third kappa shape index (κ3) is 7.03. The topological polar surface area (TPSA) is 93.1 Å². The van der Waals surface area contributed by atoms with E-state index in [1.165, 1.54) is 19.1 Å². The van der Waals surface area contributed by atoms with Gasteiger partial charge in [0.2, 0.25) is 0 Å². The van der Waals surface area contributed by atoms with Gasteiger partial charge in [0.1, 0.15) is 0 Å². The Labute approximate surface area is 106 Å². The lowest BCUT2D eigenvalue weighted by Crippen LogP contribution is -2.39. The van der Waals surface area contributed by atoms with Crippen molar-refractivity contribution in [3.63, 3.8) is 0 Å². The van der Waals surface area contributed by atoms with Gasteiger partial charge >= 0.3 is 17.9 Å². The van der Waals surface area contributed by atoms with Gasteiger partial charge < -0.3 is 19.7 Å². The van der Waals surface area contributed by atoms with E-state index in [9.17, 15) is 14.7 Å². The van der Waals surface area contributed by atoms with Crippen LogP contribution in [-0.2, 0) is 19.1 Å². The van der Waals surface area contributed by atoms with E-state index in [0.29, 0.717) is 0 Å². The Morgan fingerprint density at radius 3 is 2.00 bits per heavy atom. The zero-order chi connectivity index (χ0) is 14.2. The van der Waals surface area contributed by atoms with Crippen LogP contribution >= 0.6 is 0 Å². The molecule has 0 aromatic heterocycles. The van der Waals surface area contributed by atoms with Crippen LogP contribution in [0.15, 0.2) is 12.2 Å².